The Kier molecular flexibility index (Phi) is 7.68. The minimum absolute atomic E-state index is 0.0941. The molecule has 43 heavy (non-hydrogen) atoms. The average Bonchev–Trinajstić information content (AvgIpc) is 3.32. The number of halogens is 8. The maximum atomic E-state index is 15.0. The lowest BCUT2D eigenvalue weighted by Gasteiger charge is -2.44. The van der Waals surface area contributed by atoms with Gasteiger partial charge in [0.1, 0.15) is 10.6 Å². The largest absolute Gasteiger partial charge is 0.435 e. The number of aryl methyl sites for hydroxylation is 1. The lowest BCUT2D eigenvalue weighted by atomic mass is 9.75. The molecule has 2 fully saturated rings. The molecule has 5 atom stereocenters. The van der Waals surface area contributed by atoms with Gasteiger partial charge in [0.05, 0.1) is 17.0 Å². The van der Waals surface area contributed by atoms with Crippen LogP contribution in [0, 0.1) is 17.7 Å². The molecule has 3 aliphatic rings. The number of carbonyl (C=O) groups excluding carboxylic acids is 1. The fourth-order valence-corrected chi connectivity index (χ4v) is 9.68. The third kappa shape index (κ3) is 4.74. The number of likely N-dealkylation sites (tertiary alicyclic amines) is 1. The first-order valence-corrected chi connectivity index (χ1v) is 15.3. The summed E-state index contributed by atoms with van der Waals surface area (Å²) >= 11 is 0. The third-order valence-electron chi connectivity index (χ3n) is 9.39. The minimum Gasteiger partial charge on any atom is -0.393 e. The van der Waals surface area contributed by atoms with E-state index in [-0.39, 0.29) is 48.8 Å². The molecule has 236 valence electrons. The van der Waals surface area contributed by atoms with E-state index >= 15 is 0 Å². The molecule has 0 spiro atoms. The summed E-state index contributed by atoms with van der Waals surface area (Å²) in [6.45, 7) is 1.70. The van der Waals surface area contributed by atoms with E-state index in [4.69, 9.17) is 0 Å². The van der Waals surface area contributed by atoms with Crippen LogP contribution in [-0.2, 0) is 31.5 Å². The molecule has 2 aromatic carbocycles. The van der Waals surface area contributed by atoms with Crippen LogP contribution in [-0.4, -0.2) is 55.4 Å². The molecule has 0 aromatic heterocycles. The van der Waals surface area contributed by atoms with Crippen LogP contribution in [0.1, 0.15) is 55.7 Å². The molecule has 1 N–H and O–H groups in total. The minimum atomic E-state index is -6.36. The smallest absolute Gasteiger partial charge is 0.393 e. The first kappa shape index (κ1) is 31.7. The molecule has 1 amide bonds. The summed E-state index contributed by atoms with van der Waals surface area (Å²) in [5, 5.41) is 10.0. The van der Waals surface area contributed by atoms with Gasteiger partial charge in [-0.2, -0.15) is 26.3 Å². The van der Waals surface area contributed by atoms with Gasteiger partial charge < -0.3 is 10.0 Å². The average molecular weight is 640 g/mol. The molecular formula is C29H29F8NO4S. The Labute approximate surface area is 242 Å². The topological polar surface area (TPSA) is 74.7 Å². The van der Waals surface area contributed by atoms with Crippen LogP contribution in [0.4, 0.5) is 35.1 Å². The summed E-state index contributed by atoms with van der Waals surface area (Å²) in [6.07, 6.45) is -12.9. The maximum Gasteiger partial charge on any atom is 0.435 e. The highest BCUT2D eigenvalue weighted by Gasteiger charge is 2.74. The zero-order valence-electron chi connectivity index (χ0n) is 22.9. The number of benzene rings is 2. The standard InChI is InChI=1S/C29H29F8NO4S/c1-16-13-20(39)7-8-22(16)25(40)38-12-11-26(43(41,42)21-4-2-3-19(30)15-21)23-9-6-18(14-17(23)5-10-24(26)38)27(31,28(32,33)34)29(35,36)37/h2-4,6,9,14-16,20,22,24,39H,5,7-8,10-13H2,1H3/t16-,20?,22+,24?,26?/m0/s1. The lowest BCUT2D eigenvalue weighted by molar-refractivity contribution is -0.348. The van der Waals surface area contributed by atoms with Gasteiger partial charge in [0.2, 0.25) is 5.91 Å². The number of hydrogen-bond donors (Lipinski definition) is 1. The predicted octanol–water partition coefficient (Wildman–Crippen LogP) is 6.13. The number of hydrogen-bond acceptors (Lipinski definition) is 4. The van der Waals surface area contributed by atoms with Gasteiger partial charge in [0.15, 0.2) is 9.84 Å². The Morgan fingerprint density at radius 3 is 2.26 bits per heavy atom. The second-order valence-corrected chi connectivity index (χ2v) is 14.0. The van der Waals surface area contributed by atoms with Crippen molar-refractivity contribution in [1.29, 1.82) is 0 Å². The van der Waals surface area contributed by atoms with E-state index < -0.39 is 66.9 Å². The van der Waals surface area contributed by atoms with Gasteiger partial charge in [0.25, 0.3) is 0 Å². The van der Waals surface area contributed by atoms with E-state index in [1.807, 2.05) is 0 Å². The van der Waals surface area contributed by atoms with E-state index in [1.54, 1.807) is 6.92 Å². The normalized spacial score (nSPS) is 28.4. The molecule has 5 rings (SSSR count). The SMILES string of the molecule is C[C@H]1CC(O)CC[C@H]1C(=O)N1CCC2(S(=O)(=O)c3cccc(F)c3)c3ccc(C(F)(C(F)(F)F)C(F)(F)F)cc3CCC12. The number of fused-ring (bicyclic) bond motifs is 3. The van der Waals surface area contributed by atoms with Crippen molar-refractivity contribution in [3.63, 3.8) is 0 Å². The van der Waals surface area contributed by atoms with E-state index in [2.05, 4.69) is 0 Å². The van der Waals surface area contributed by atoms with E-state index in [9.17, 15) is 53.4 Å². The van der Waals surface area contributed by atoms with Gasteiger partial charge >= 0.3 is 18.0 Å². The number of aliphatic hydroxyl groups excluding tert-OH is 1. The quantitative estimate of drug-likeness (QED) is 0.409. The molecule has 0 bridgehead atoms. The summed E-state index contributed by atoms with van der Waals surface area (Å²) < 4.78 is 137. The van der Waals surface area contributed by atoms with E-state index in [0.717, 1.165) is 30.3 Å². The second-order valence-electron chi connectivity index (χ2n) is 11.8. The number of carbonyl (C=O) groups is 1. The summed E-state index contributed by atoms with van der Waals surface area (Å²) in [5.74, 6) is -2.02. The zero-order chi connectivity index (χ0) is 31.8. The molecule has 1 saturated heterocycles. The van der Waals surface area contributed by atoms with E-state index in [1.165, 1.54) is 4.90 Å². The van der Waals surface area contributed by atoms with Crippen LogP contribution >= 0.6 is 0 Å². The van der Waals surface area contributed by atoms with Gasteiger partial charge in [0, 0.05) is 18.0 Å². The van der Waals surface area contributed by atoms with Crippen molar-refractivity contribution in [1.82, 2.24) is 4.90 Å². The van der Waals surface area contributed by atoms with Crippen LogP contribution < -0.4 is 0 Å². The highest BCUT2D eigenvalue weighted by Crippen LogP contribution is 2.57. The number of nitrogens with zero attached hydrogens (tertiary/aromatic N) is 1. The van der Waals surface area contributed by atoms with Crippen LogP contribution in [0.15, 0.2) is 47.4 Å². The van der Waals surface area contributed by atoms with Crippen molar-refractivity contribution in [3.8, 4) is 0 Å². The van der Waals surface area contributed by atoms with Crippen molar-refractivity contribution in [2.24, 2.45) is 11.8 Å². The fourth-order valence-electron chi connectivity index (χ4n) is 7.29. The van der Waals surface area contributed by atoms with E-state index in [0.29, 0.717) is 31.4 Å². The van der Waals surface area contributed by atoms with Gasteiger partial charge in [-0.05, 0) is 73.8 Å². The number of amides is 1. The number of rotatable bonds is 4. The molecule has 1 heterocycles. The molecule has 5 nitrogen and oxygen atoms in total. The Morgan fingerprint density at radius 2 is 1.65 bits per heavy atom. The molecule has 1 saturated carbocycles. The Bertz CT molecular complexity index is 1510. The lowest BCUT2D eigenvalue weighted by Crippen LogP contribution is -2.54. The fraction of sp³-hybridized carbons (Fsp3) is 0.552. The number of aliphatic hydroxyl groups is 1. The van der Waals surface area contributed by atoms with Crippen molar-refractivity contribution >= 4 is 15.7 Å². The molecule has 0 radical (unpaired) electrons. The highest BCUT2D eigenvalue weighted by atomic mass is 32.2. The zero-order valence-corrected chi connectivity index (χ0v) is 23.7. The monoisotopic (exact) mass is 639 g/mol. The van der Waals surface area contributed by atoms with Gasteiger partial charge in [-0.25, -0.2) is 17.2 Å². The van der Waals surface area contributed by atoms with Crippen molar-refractivity contribution in [2.75, 3.05) is 6.54 Å². The van der Waals surface area contributed by atoms with Gasteiger partial charge in [-0.1, -0.05) is 31.2 Å². The van der Waals surface area contributed by atoms with Gasteiger partial charge in [-0.3, -0.25) is 4.79 Å². The summed E-state index contributed by atoms with van der Waals surface area (Å²) in [7, 11) is -4.63. The highest BCUT2D eigenvalue weighted by molar-refractivity contribution is 7.92. The molecular weight excluding hydrogens is 610 g/mol. The van der Waals surface area contributed by atoms with Crippen molar-refractivity contribution < 1.29 is 53.4 Å². The van der Waals surface area contributed by atoms with Crippen LogP contribution in [0.25, 0.3) is 0 Å². The van der Waals surface area contributed by atoms with Crippen LogP contribution in [0.2, 0.25) is 0 Å². The molecule has 2 aliphatic carbocycles. The first-order chi connectivity index (χ1) is 19.9. The Hall–Kier alpha value is -2.74. The van der Waals surface area contributed by atoms with Gasteiger partial charge in [-0.15, -0.1) is 0 Å². The van der Waals surface area contributed by atoms with Crippen LogP contribution in [0.5, 0.6) is 0 Å². The summed E-state index contributed by atoms with van der Waals surface area (Å²) in [6, 6.07) is 4.44. The predicted molar refractivity (Wildman–Crippen MR) is 138 cm³/mol. The maximum absolute atomic E-state index is 15.0. The van der Waals surface area contributed by atoms with Crippen molar-refractivity contribution in [2.45, 2.75) is 85.3 Å². The molecule has 14 heteroatoms. The third-order valence-corrected chi connectivity index (χ3v) is 11.9. The Balaban J connectivity index is 1.67. The molecule has 2 aromatic rings. The second kappa shape index (κ2) is 10.4. The summed E-state index contributed by atoms with van der Waals surface area (Å²) in [5.41, 5.74) is -7.82. The number of sulfone groups is 1. The van der Waals surface area contributed by atoms with Crippen molar-refractivity contribution in [3.05, 3.63) is 65.0 Å². The Morgan fingerprint density at radius 1 is 0.977 bits per heavy atom. The first-order valence-electron chi connectivity index (χ1n) is 13.8. The molecule has 1 aliphatic heterocycles. The number of alkyl halides is 7. The molecule has 3 unspecified atom stereocenters. The summed E-state index contributed by atoms with van der Waals surface area (Å²) in [4.78, 5) is 14.8. The van der Waals surface area contributed by atoms with Crippen LogP contribution in [0.3, 0.4) is 0 Å².